The molecule has 2 aromatic rings. The van der Waals surface area contributed by atoms with Crippen LogP contribution in [0.5, 0.6) is 0 Å². The van der Waals surface area contributed by atoms with Crippen LogP contribution < -0.4 is 5.32 Å². The van der Waals surface area contributed by atoms with Crippen molar-refractivity contribution in [2.24, 2.45) is 0 Å². The first-order valence-corrected chi connectivity index (χ1v) is 7.40. The van der Waals surface area contributed by atoms with Gasteiger partial charge in [-0.2, -0.15) is 0 Å². The Morgan fingerprint density at radius 2 is 1.67 bits per heavy atom. The van der Waals surface area contributed by atoms with Gasteiger partial charge in [0.1, 0.15) is 0 Å². The Morgan fingerprint density at radius 3 is 2.22 bits per heavy atom. The van der Waals surface area contributed by atoms with Gasteiger partial charge >= 0.3 is 0 Å². The van der Waals surface area contributed by atoms with E-state index in [0.29, 0.717) is 12.0 Å². The molecule has 0 aliphatic heterocycles. The van der Waals surface area contributed by atoms with Crippen LogP contribution in [0.25, 0.3) is 0 Å². The van der Waals surface area contributed by atoms with Crippen molar-refractivity contribution in [3.63, 3.8) is 0 Å². The minimum atomic E-state index is 0.397. The van der Waals surface area contributed by atoms with Crippen molar-refractivity contribution in [1.29, 1.82) is 0 Å². The van der Waals surface area contributed by atoms with Crippen LogP contribution in [-0.2, 0) is 6.54 Å². The molecule has 18 heavy (non-hydrogen) atoms. The van der Waals surface area contributed by atoms with E-state index in [-0.39, 0.29) is 0 Å². The summed E-state index contributed by atoms with van der Waals surface area (Å²) >= 11 is 1.80. The molecule has 2 rings (SSSR count). The van der Waals surface area contributed by atoms with E-state index in [2.05, 4.69) is 67.9 Å². The molecule has 0 aliphatic carbocycles. The van der Waals surface area contributed by atoms with Crippen LogP contribution in [0.1, 0.15) is 48.7 Å². The molecule has 0 spiro atoms. The third kappa shape index (κ3) is 3.44. The molecule has 0 radical (unpaired) electrons. The second kappa shape index (κ2) is 6.17. The van der Waals surface area contributed by atoms with Crippen molar-refractivity contribution in [3.8, 4) is 0 Å². The van der Waals surface area contributed by atoms with E-state index >= 15 is 0 Å². The molecular formula is C16H21NS. The van der Waals surface area contributed by atoms with Gasteiger partial charge in [-0.05, 0) is 35.4 Å². The van der Waals surface area contributed by atoms with Gasteiger partial charge in [0.05, 0.1) is 0 Å². The van der Waals surface area contributed by atoms with Gasteiger partial charge < -0.3 is 5.32 Å². The van der Waals surface area contributed by atoms with Crippen molar-refractivity contribution in [2.45, 2.75) is 39.3 Å². The van der Waals surface area contributed by atoms with Crippen molar-refractivity contribution in [3.05, 3.63) is 57.8 Å². The highest BCUT2D eigenvalue weighted by Crippen LogP contribution is 2.19. The van der Waals surface area contributed by atoms with Gasteiger partial charge in [-0.1, -0.05) is 44.2 Å². The Hall–Kier alpha value is -1.12. The molecule has 0 bridgehead atoms. The maximum absolute atomic E-state index is 3.56. The third-order valence-electron chi connectivity index (χ3n) is 3.27. The van der Waals surface area contributed by atoms with Crippen molar-refractivity contribution in [2.75, 3.05) is 0 Å². The van der Waals surface area contributed by atoms with Crippen LogP contribution in [0.2, 0.25) is 0 Å². The summed E-state index contributed by atoms with van der Waals surface area (Å²) in [6.45, 7) is 7.63. The Kier molecular flexibility index (Phi) is 4.56. The molecule has 1 N–H and O–H groups in total. The Balaban J connectivity index is 1.94. The molecule has 2 heteroatoms. The number of nitrogens with one attached hydrogen (secondary N) is 1. The van der Waals surface area contributed by atoms with E-state index in [1.165, 1.54) is 16.0 Å². The van der Waals surface area contributed by atoms with Gasteiger partial charge in [0, 0.05) is 17.5 Å². The molecule has 0 fully saturated rings. The molecule has 0 saturated carbocycles. The highest BCUT2D eigenvalue weighted by Gasteiger charge is 2.06. The molecule has 96 valence electrons. The van der Waals surface area contributed by atoms with Gasteiger partial charge in [0.2, 0.25) is 0 Å². The summed E-state index contributed by atoms with van der Waals surface area (Å²) in [5.74, 6) is 0.605. The van der Waals surface area contributed by atoms with Crippen LogP contribution >= 0.6 is 11.3 Å². The predicted octanol–water partition coefficient (Wildman–Crippen LogP) is 4.72. The maximum Gasteiger partial charge on any atom is 0.0305 e. The maximum atomic E-state index is 3.56. The molecule has 1 heterocycles. The first kappa shape index (κ1) is 13.3. The Bertz CT molecular complexity index is 456. The lowest BCUT2D eigenvalue weighted by atomic mass is 9.99. The summed E-state index contributed by atoms with van der Waals surface area (Å²) < 4.78 is 0. The second-order valence-electron chi connectivity index (χ2n) is 5.00. The number of thiophene rings is 1. The second-order valence-corrected chi connectivity index (χ2v) is 6.04. The van der Waals surface area contributed by atoms with E-state index in [4.69, 9.17) is 0 Å². The molecule has 1 atom stereocenters. The molecule has 1 unspecified atom stereocenters. The number of hydrogen-bond acceptors (Lipinski definition) is 2. The largest absolute Gasteiger partial charge is 0.305 e. The average molecular weight is 259 g/mol. The highest BCUT2D eigenvalue weighted by molar-refractivity contribution is 7.09. The fourth-order valence-electron chi connectivity index (χ4n) is 1.95. The van der Waals surface area contributed by atoms with E-state index in [0.717, 1.165) is 6.54 Å². The zero-order chi connectivity index (χ0) is 13.0. The monoisotopic (exact) mass is 259 g/mol. The molecule has 0 amide bonds. The van der Waals surface area contributed by atoms with Crippen molar-refractivity contribution in [1.82, 2.24) is 5.32 Å². The Morgan fingerprint density at radius 1 is 1.00 bits per heavy atom. The summed E-state index contributed by atoms with van der Waals surface area (Å²) in [5.41, 5.74) is 2.76. The smallest absolute Gasteiger partial charge is 0.0305 e. The van der Waals surface area contributed by atoms with Crippen LogP contribution in [0.15, 0.2) is 41.8 Å². The van der Waals surface area contributed by atoms with Gasteiger partial charge in [-0.15, -0.1) is 11.3 Å². The van der Waals surface area contributed by atoms with Gasteiger partial charge in [0.15, 0.2) is 0 Å². The molecule has 0 saturated heterocycles. The number of benzene rings is 1. The van der Waals surface area contributed by atoms with Crippen LogP contribution in [-0.4, -0.2) is 0 Å². The first-order valence-electron chi connectivity index (χ1n) is 6.52. The molecule has 1 aromatic carbocycles. The van der Waals surface area contributed by atoms with Crippen LogP contribution in [0, 0.1) is 0 Å². The molecule has 1 aromatic heterocycles. The molecular weight excluding hydrogens is 238 g/mol. The van der Waals surface area contributed by atoms with Crippen molar-refractivity contribution < 1.29 is 0 Å². The third-order valence-corrected chi connectivity index (χ3v) is 4.14. The average Bonchev–Trinajstić information content (AvgIpc) is 2.89. The minimum absolute atomic E-state index is 0.397. The first-order chi connectivity index (χ1) is 8.66. The standard InChI is InChI=1S/C16H21NS/c1-12(2)14-6-8-15(9-7-14)13(3)17-11-16-5-4-10-18-16/h4-10,12-13,17H,11H2,1-3H3. The minimum Gasteiger partial charge on any atom is -0.305 e. The van der Waals surface area contributed by atoms with E-state index in [9.17, 15) is 0 Å². The summed E-state index contributed by atoms with van der Waals surface area (Å²) in [5, 5.41) is 5.68. The molecule has 1 nitrogen and oxygen atoms in total. The van der Waals surface area contributed by atoms with Crippen LogP contribution in [0.4, 0.5) is 0 Å². The summed E-state index contributed by atoms with van der Waals surface area (Å²) in [7, 11) is 0. The summed E-state index contributed by atoms with van der Waals surface area (Å²) in [6, 6.07) is 13.6. The predicted molar refractivity (Wildman–Crippen MR) is 80.1 cm³/mol. The topological polar surface area (TPSA) is 12.0 Å². The normalized spacial score (nSPS) is 12.9. The SMILES string of the molecule is CC(C)c1ccc(C(C)NCc2cccs2)cc1. The summed E-state index contributed by atoms with van der Waals surface area (Å²) in [6.07, 6.45) is 0. The van der Waals surface area contributed by atoms with Gasteiger partial charge in [-0.25, -0.2) is 0 Å². The van der Waals surface area contributed by atoms with Gasteiger partial charge in [0.25, 0.3) is 0 Å². The lowest BCUT2D eigenvalue weighted by molar-refractivity contribution is 0.578. The summed E-state index contributed by atoms with van der Waals surface area (Å²) in [4.78, 5) is 1.39. The quantitative estimate of drug-likeness (QED) is 0.819. The highest BCUT2D eigenvalue weighted by atomic mass is 32.1. The lowest BCUT2D eigenvalue weighted by Gasteiger charge is -2.15. The van der Waals surface area contributed by atoms with Crippen molar-refractivity contribution >= 4 is 11.3 Å². The lowest BCUT2D eigenvalue weighted by Crippen LogP contribution is -2.17. The van der Waals surface area contributed by atoms with Gasteiger partial charge in [-0.3, -0.25) is 0 Å². The van der Waals surface area contributed by atoms with Crippen LogP contribution in [0.3, 0.4) is 0 Å². The fourth-order valence-corrected chi connectivity index (χ4v) is 2.61. The Labute approximate surface area is 114 Å². The fraction of sp³-hybridized carbons (Fsp3) is 0.375. The van der Waals surface area contributed by atoms with E-state index in [1.54, 1.807) is 11.3 Å². The number of hydrogen-bond donors (Lipinski definition) is 1. The number of rotatable bonds is 5. The van der Waals surface area contributed by atoms with E-state index < -0.39 is 0 Å². The van der Waals surface area contributed by atoms with E-state index in [1.807, 2.05) is 0 Å². The zero-order valence-corrected chi connectivity index (χ0v) is 12.1. The zero-order valence-electron chi connectivity index (χ0n) is 11.3. The molecule has 0 aliphatic rings.